The van der Waals surface area contributed by atoms with Crippen molar-refractivity contribution in [2.75, 3.05) is 26.2 Å². The molecule has 0 aromatic heterocycles. The van der Waals surface area contributed by atoms with Gasteiger partial charge in [0.2, 0.25) is 0 Å². The van der Waals surface area contributed by atoms with Crippen molar-refractivity contribution in [3.8, 4) is 0 Å². The third-order valence-corrected chi connectivity index (χ3v) is 3.58. The fraction of sp³-hybridized carbons (Fsp3) is 1.00. The first kappa shape index (κ1) is 16.2. The molecule has 0 radical (unpaired) electrons. The van der Waals surface area contributed by atoms with Gasteiger partial charge in [-0.3, -0.25) is 0 Å². The van der Waals surface area contributed by atoms with E-state index in [9.17, 15) is 0 Å². The van der Waals surface area contributed by atoms with Crippen molar-refractivity contribution in [3.05, 3.63) is 0 Å². The second-order valence-corrected chi connectivity index (χ2v) is 4.67. The van der Waals surface area contributed by atoms with Crippen LogP contribution in [0.2, 0.25) is 0 Å². The third kappa shape index (κ3) is 6.72. The fourth-order valence-corrected chi connectivity index (χ4v) is 2.44. The van der Waals surface area contributed by atoms with Crippen molar-refractivity contribution in [3.63, 3.8) is 0 Å². The van der Waals surface area contributed by atoms with Crippen molar-refractivity contribution in [2.45, 2.75) is 58.4 Å². The molecule has 98 valence electrons. The maximum Gasteiger partial charge on any atom is 0.00670 e. The lowest BCUT2D eigenvalue weighted by Crippen LogP contribution is -2.28. The zero-order chi connectivity index (χ0) is 10.9. The molecule has 0 aromatic rings. The second kappa shape index (κ2) is 10.4. The molecule has 0 heterocycles. The lowest BCUT2D eigenvalue weighted by Gasteiger charge is -2.18. The lowest BCUT2D eigenvalue weighted by atomic mass is 10.2. The molecule has 0 aliphatic heterocycles. The van der Waals surface area contributed by atoms with Crippen LogP contribution >= 0.6 is 12.4 Å². The molecule has 1 aliphatic carbocycles. The first-order valence-corrected chi connectivity index (χ1v) is 6.82. The lowest BCUT2D eigenvalue weighted by molar-refractivity contribution is 0.295. The van der Waals surface area contributed by atoms with Gasteiger partial charge in [0.05, 0.1) is 0 Å². The van der Waals surface area contributed by atoms with Crippen LogP contribution in [0.1, 0.15) is 52.4 Å². The van der Waals surface area contributed by atoms with Gasteiger partial charge in [-0.15, -0.1) is 12.4 Å². The molecule has 1 fully saturated rings. The Morgan fingerprint density at radius 1 is 1.06 bits per heavy atom. The standard InChI is InChI=1S/C13H28N2.ClH/c1-3-15(4-2)12-8-7-11-14-13-9-5-6-10-13;/h13-14H,3-12H2,1-2H3;1H. The van der Waals surface area contributed by atoms with E-state index in [-0.39, 0.29) is 12.4 Å². The van der Waals surface area contributed by atoms with Crippen LogP contribution in [0.25, 0.3) is 0 Å². The van der Waals surface area contributed by atoms with Crippen molar-refractivity contribution in [1.29, 1.82) is 0 Å². The summed E-state index contributed by atoms with van der Waals surface area (Å²) in [5, 5.41) is 3.67. The number of halogens is 1. The average Bonchev–Trinajstić information content (AvgIpc) is 2.76. The van der Waals surface area contributed by atoms with E-state index in [1.54, 1.807) is 0 Å². The van der Waals surface area contributed by atoms with Crippen LogP contribution in [0.15, 0.2) is 0 Å². The van der Waals surface area contributed by atoms with Gasteiger partial charge in [-0.25, -0.2) is 0 Å². The fourth-order valence-electron chi connectivity index (χ4n) is 2.44. The molecule has 1 saturated carbocycles. The predicted octanol–water partition coefficient (Wildman–Crippen LogP) is 3.06. The average molecular weight is 249 g/mol. The number of hydrogen-bond donors (Lipinski definition) is 1. The number of nitrogens with zero attached hydrogens (tertiary/aromatic N) is 1. The van der Waals surface area contributed by atoms with E-state index in [1.165, 1.54) is 64.7 Å². The van der Waals surface area contributed by atoms with Crippen molar-refractivity contribution < 1.29 is 0 Å². The van der Waals surface area contributed by atoms with Gasteiger partial charge in [0.15, 0.2) is 0 Å². The number of hydrogen-bond acceptors (Lipinski definition) is 2. The van der Waals surface area contributed by atoms with E-state index < -0.39 is 0 Å². The summed E-state index contributed by atoms with van der Waals surface area (Å²) in [6.45, 7) is 9.41. The monoisotopic (exact) mass is 248 g/mol. The maximum absolute atomic E-state index is 3.67. The summed E-state index contributed by atoms with van der Waals surface area (Å²) in [6.07, 6.45) is 8.40. The summed E-state index contributed by atoms with van der Waals surface area (Å²) in [6, 6.07) is 0.846. The molecular formula is C13H29ClN2. The molecule has 16 heavy (non-hydrogen) atoms. The molecule has 1 rings (SSSR count). The van der Waals surface area contributed by atoms with Gasteiger partial charge in [-0.2, -0.15) is 0 Å². The Labute approximate surface area is 108 Å². The van der Waals surface area contributed by atoms with Crippen LogP contribution in [0.4, 0.5) is 0 Å². The summed E-state index contributed by atoms with van der Waals surface area (Å²) < 4.78 is 0. The number of nitrogens with one attached hydrogen (secondary N) is 1. The second-order valence-electron chi connectivity index (χ2n) is 4.67. The summed E-state index contributed by atoms with van der Waals surface area (Å²) in [5.74, 6) is 0. The Morgan fingerprint density at radius 2 is 1.69 bits per heavy atom. The molecule has 0 bridgehead atoms. The van der Waals surface area contributed by atoms with Gasteiger partial charge in [0, 0.05) is 6.04 Å². The Morgan fingerprint density at radius 3 is 2.25 bits per heavy atom. The zero-order valence-electron chi connectivity index (χ0n) is 11.0. The molecular weight excluding hydrogens is 220 g/mol. The van der Waals surface area contributed by atoms with Crippen molar-refractivity contribution >= 4 is 12.4 Å². The van der Waals surface area contributed by atoms with E-state index in [2.05, 4.69) is 24.1 Å². The first-order chi connectivity index (χ1) is 7.36. The van der Waals surface area contributed by atoms with Crippen LogP contribution in [-0.4, -0.2) is 37.1 Å². The van der Waals surface area contributed by atoms with Crippen LogP contribution in [0, 0.1) is 0 Å². The highest BCUT2D eigenvalue weighted by molar-refractivity contribution is 5.85. The summed E-state index contributed by atoms with van der Waals surface area (Å²) in [5.41, 5.74) is 0. The van der Waals surface area contributed by atoms with Crippen LogP contribution in [0.3, 0.4) is 0 Å². The Bertz CT molecular complexity index is 139. The van der Waals surface area contributed by atoms with Gasteiger partial charge in [-0.05, 0) is 51.9 Å². The zero-order valence-corrected chi connectivity index (χ0v) is 11.8. The van der Waals surface area contributed by atoms with Crippen LogP contribution in [0.5, 0.6) is 0 Å². The highest BCUT2D eigenvalue weighted by Crippen LogP contribution is 2.17. The quantitative estimate of drug-likeness (QED) is 0.665. The minimum absolute atomic E-state index is 0. The van der Waals surface area contributed by atoms with E-state index in [0.29, 0.717) is 0 Å². The topological polar surface area (TPSA) is 15.3 Å². The molecule has 0 aromatic carbocycles. The van der Waals surface area contributed by atoms with E-state index >= 15 is 0 Å². The van der Waals surface area contributed by atoms with Crippen LogP contribution in [-0.2, 0) is 0 Å². The SMILES string of the molecule is CCN(CC)CCCCNC1CCCC1.Cl. The normalized spacial score (nSPS) is 16.7. The maximum atomic E-state index is 3.67. The molecule has 0 spiro atoms. The van der Waals surface area contributed by atoms with Gasteiger partial charge in [0.25, 0.3) is 0 Å². The van der Waals surface area contributed by atoms with E-state index in [1.807, 2.05) is 0 Å². The Hall–Kier alpha value is 0.210. The molecule has 3 heteroatoms. The first-order valence-electron chi connectivity index (χ1n) is 6.82. The van der Waals surface area contributed by atoms with Gasteiger partial charge in [-0.1, -0.05) is 26.7 Å². The highest BCUT2D eigenvalue weighted by atomic mass is 35.5. The third-order valence-electron chi connectivity index (χ3n) is 3.58. The van der Waals surface area contributed by atoms with Gasteiger partial charge >= 0.3 is 0 Å². The smallest absolute Gasteiger partial charge is 0.00670 e. The molecule has 0 unspecified atom stereocenters. The summed E-state index contributed by atoms with van der Waals surface area (Å²) in [7, 11) is 0. The molecule has 0 amide bonds. The van der Waals surface area contributed by atoms with Crippen molar-refractivity contribution in [2.24, 2.45) is 0 Å². The van der Waals surface area contributed by atoms with Gasteiger partial charge in [0.1, 0.15) is 0 Å². The predicted molar refractivity (Wildman–Crippen MR) is 74.5 cm³/mol. The molecule has 2 nitrogen and oxygen atoms in total. The Kier molecular flexibility index (Phi) is 10.5. The molecule has 0 saturated heterocycles. The van der Waals surface area contributed by atoms with Gasteiger partial charge < -0.3 is 10.2 Å². The summed E-state index contributed by atoms with van der Waals surface area (Å²) in [4.78, 5) is 2.51. The van der Waals surface area contributed by atoms with E-state index in [0.717, 1.165) is 6.04 Å². The summed E-state index contributed by atoms with van der Waals surface area (Å²) >= 11 is 0. The largest absolute Gasteiger partial charge is 0.314 e. The van der Waals surface area contributed by atoms with Crippen LogP contribution < -0.4 is 5.32 Å². The number of unbranched alkanes of at least 4 members (excludes halogenated alkanes) is 1. The minimum Gasteiger partial charge on any atom is -0.314 e. The molecule has 1 N–H and O–H groups in total. The minimum atomic E-state index is 0. The number of rotatable bonds is 8. The van der Waals surface area contributed by atoms with Crippen molar-refractivity contribution in [1.82, 2.24) is 10.2 Å². The van der Waals surface area contributed by atoms with E-state index in [4.69, 9.17) is 0 Å². The molecule has 1 aliphatic rings. The molecule has 0 atom stereocenters. The highest BCUT2D eigenvalue weighted by Gasteiger charge is 2.13. The Balaban J connectivity index is 0.00000225.